The van der Waals surface area contributed by atoms with Gasteiger partial charge in [0.2, 0.25) is 0 Å². The second-order valence-electron chi connectivity index (χ2n) is 2.55. The van der Waals surface area contributed by atoms with Gasteiger partial charge in [-0.3, -0.25) is 0 Å². The first-order chi connectivity index (χ1) is 6.22. The number of nitrogens with zero attached hydrogens (tertiary/aromatic N) is 3. The lowest BCUT2D eigenvalue weighted by atomic mass is 10.0. The van der Waals surface area contributed by atoms with Crippen molar-refractivity contribution < 1.29 is 0 Å². The molecule has 0 N–H and O–H groups in total. The highest BCUT2D eigenvalue weighted by Crippen LogP contribution is 2.14. The number of hydrogen-bond acceptors (Lipinski definition) is 3. The van der Waals surface area contributed by atoms with Crippen molar-refractivity contribution in [3.63, 3.8) is 0 Å². The first kappa shape index (κ1) is 8.78. The highest BCUT2D eigenvalue weighted by Gasteiger charge is 2.06. The molecule has 0 amide bonds. The number of benzene rings is 1. The van der Waals surface area contributed by atoms with Gasteiger partial charge in [-0.1, -0.05) is 0 Å². The van der Waals surface area contributed by atoms with Gasteiger partial charge in [0.05, 0.1) is 22.8 Å². The van der Waals surface area contributed by atoms with E-state index in [0.717, 1.165) is 0 Å². The molecule has 0 fully saturated rings. The molecule has 0 aromatic heterocycles. The Morgan fingerprint density at radius 2 is 1.69 bits per heavy atom. The van der Waals surface area contributed by atoms with Gasteiger partial charge in [0.1, 0.15) is 12.1 Å². The minimum atomic E-state index is 0.263. The highest BCUT2D eigenvalue weighted by atomic mass is 14.3. The van der Waals surface area contributed by atoms with Crippen molar-refractivity contribution in [2.24, 2.45) is 0 Å². The van der Waals surface area contributed by atoms with E-state index in [1.165, 1.54) is 6.07 Å². The Balaban J connectivity index is 3.54. The van der Waals surface area contributed by atoms with Gasteiger partial charge in [-0.2, -0.15) is 15.8 Å². The second-order valence-corrected chi connectivity index (χ2v) is 2.55. The maximum atomic E-state index is 8.71. The maximum absolute atomic E-state index is 8.71. The van der Waals surface area contributed by atoms with Crippen LogP contribution in [0.3, 0.4) is 0 Å². The molecule has 0 spiro atoms. The van der Waals surface area contributed by atoms with Crippen LogP contribution in [-0.4, -0.2) is 0 Å². The molecule has 0 saturated carbocycles. The van der Waals surface area contributed by atoms with E-state index in [1.54, 1.807) is 13.0 Å². The summed E-state index contributed by atoms with van der Waals surface area (Å²) >= 11 is 0. The van der Waals surface area contributed by atoms with Gasteiger partial charge in [0.15, 0.2) is 0 Å². The van der Waals surface area contributed by atoms with Crippen molar-refractivity contribution in [2.75, 3.05) is 0 Å². The van der Waals surface area contributed by atoms with Crippen LogP contribution in [0.1, 0.15) is 22.3 Å². The van der Waals surface area contributed by atoms with Crippen molar-refractivity contribution >= 4 is 0 Å². The fourth-order valence-corrected chi connectivity index (χ4v) is 1.09. The van der Waals surface area contributed by atoms with Gasteiger partial charge >= 0.3 is 0 Å². The Kier molecular flexibility index (Phi) is 2.29. The quantitative estimate of drug-likeness (QED) is 0.589. The summed E-state index contributed by atoms with van der Waals surface area (Å²) in [6.45, 7) is 1.71. The third-order valence-corrected chi connectivity index (χ3v) is 1.70. The van der Waals surface area contributed by atoms with Gasteiger partial charge in [0, 0.05) is 0 Å². The lowest BCUT2D eigenvalue weighted by Gasteiger charge is -1.99. The summed E-state index contributed by atoms with van der Waals surface area (Å²) in [6, 6.07) is 8.77. The predicted octanol–water partition coefficient (Wildman–Crippen LogP) is 1.61. The minimum Gasteiger partial charge on any atom is -0.192 e. The topological polar surface area (TPSA) is 71.4 Å². The predicted molar refractivity (Wildman–Crippen MR) is 45.3 cm³/mol. The molecule has 1 aromatic rings. The molecule has 0 aliphatic carbocycles. The van der Waals surface area contributed by atoms with E-state index in [9.17, 15) is 0 Å². The molecule has 0 saturated heterocycles. The average Bonchev–Trinajstić information content (AvgIpc) is 2.16. The monoisotopic (exact) mass is 167 g/mol. The van der Waals surface area contributed by atoms with Crippen molar-refractivity contribution in [1.29, 1.82) is 15.8 Å². The maximum Gasteiger partial charge on any atom is 0.101 e. The Morgan fingerprint density at radius 3 is 2.15 bits per heavy atom. The van der Waals surface area contributed by atoms with Crippen molar-refractivity contribution in [3.8, 4) is 18.2 Å². The summed E-state index contributed by atoms with van der Waals surface area (Å²) in [5, 5.41) is 26.0. The summed E-state index contributed by atoms with van der Waals surface area (Å²) in [5.74, 6) is 0. The number of hydrogen-bond donors (Lipinski definition) is 0. The van der Waals surface area contributed by atoms with Crippen molar-refractivity contribution in [3.05, 3.63) is 34.4 Å². The molecule has 0 heterocycles. The zero-order chi connectivity index (χ0) is 9.84. The molecule has 0 aliphatic heterocycles. The van der Waals surface area contributed by atoms with E-state index in [1.807, 2.05) is 18.2 Å². The molecule has 0 radical (unpaired) electrons. The van der Waals surface area contributed by atoms with Gasteiger partial charge in [0.25, 0.3) is 0 Å². The van der Waals surface area contributed by atoms with Gasteiger partial charge in [-0.15, -0.1) is 0 Å². The summed E-state index contributed by atoms with van der Waals surface area (Å²) in [7, 11) is 0. The Morgan fingerprint density at radius 1 is 1.00 bits per heavy atom. The fraction of sp³-hybridized carbons (Fsp3) is 0.100. The molecule has 60 valence electrons. The Bertz CT molecular complexity index is 467. The van der Waals surface area contributed by atoms with E-state index < -0.39 is 0 Å². The number of nitriles is 3. The van der Waals surface area contributed by atoms with E-state index in [0.29, 0.717) is 16.7 Å². The van der Waals surface area contributed by atoms with Crippen LogP contribution in [0.2, 0.25) is 0 Å². The third-order valence-electron chi connectivity index (χ3n) is 1.70. The average molecular weight is 167 g/mol. The molecule has 0 bridgehead atoms. The van der Waals surface area contributed by atoms with E-state index in [-0.39, 0.29) is 5.56 Å². The van der Waals surface area contributed by atoms with Crippen LogP contribution in [0, 0.1) is 40.9 Å². The van der Waals surface area contributed by atoms with Crippen LogP contribution in [-0.2, 0) is 0 Å². The van der Waals surface area contributed by atoms with Crippen molar-refractivity contribution in [1.82, 2.24) is 0 Å². The minimum absolute atomic E-state index is 0.263. The van der Waals surface area contributed by atoms with Gasteiger partial charge in [-0.25, -0.2) is 0 Å². The van der Waals surface area contributed by atoms with Crippen LogP contribution in [0.5, 0.6) is 0 Å². The molecule has 3 nitrogen and oxygen atoms in total. The van der Waals surface area contributed by atoms with Crippen LogP contribution >= 0.6 is 0 Å². The van der Waals surface area contributed by atoms with Crippen LogP contribution in [0.4, 0.5) is 0 Å². The number of aryl methyl sites for hydroxylation is 1. The summed E-state index contributed by atoms with van der Waals surface area (Å²) in [4.78, 5) is 0. The summed E-state index contributed by atoms with van der Waals surface area (Å²) < 4.78 is 0. The van der Waals surface area contributed by atoms with Gasteiger partial charge in [-0.05, 0) is 24.6 Å². The molecule has 13 heavy (non-hydrogen) atoms. The van der Waals surface area contributed by atoms with Crippen LogP contribution in [0.15, 0.2) is 12.1 Å². The molecule has 0 atom stereocenters. The lowest BCUT2D eigenvalue weighted by Crippen LogP contribution is -1.90. The normalized spacial score (nSPS) is 8.15. The van der Waals surface area contributed by atoms with E-state index in [2.05, 4.69) is 0 Å². The first-order valence-corrected chi connectivity index (χ1v) is 3.58. The highest BCUT2D eigenvalue weighted by molar-refractivity contribution is 5.54. The summed E-state index contributed by atoms with van der Waals surface area (Å²) in [5.41, 5.74) is 1.69. The van der Waals surface area contributed by atoms with Crippen molar-refractivity contribution in [2.45, 2.75) is 6.92 Å². The Hall–Kier alpha value is -2.31. The van der Waals surface area contributed by atoms with E-state index in [4.69, 9.17) is 15.8 Å². The molecular weight excluding hydrogens is 162 g/mol. The molecule has 1 rings (SSSR count). The van der Waals surface area contributed by atoms with Gasteiger partial charge < -0.3 is 0 Å². The molecule has 1 aromatic carbocycles. The number of rotatable bonds is 0. The van der Waals surface area contributed by atoms with Crippen LogP contribution < -0.4 is 0 Å². The molecule has 3 heteroatoms. The molecule has 0 unspecified atom stereocenters. The van der Waals surface area contributed by atoms with Crippen LogP contribution in [0.25, 0.3) is 0 Å². The smallest absolute Gasteiger partial charge is 0.101 e. The standard InChI is InChI=1S/C10H5N3/c1-7-2-8(4-11)3-9(5-12)10(7)6-13/h2-3H,1H3. The Labute approximate surface area is 76.1 Å². The SMILES string of the molecule is Cc1cc(C#N)cc(C#N)c1C#N. The molecular formula is C10H5N3. The molecule has 0 aliphatic rings. The van der Waals surface area contributed by atoms with E-state index >= 15 is 0 Å². The lowest BCUT2D eigenvalue weighted by molar-refractivity contribution is 1.34. The first-order valence-electron chi connectivity index (χ1n) is 3.58. The zero-order valence-electron chi connectivity index (χ0n) is 7.00. The zero-order valence-corrected chi connectivity index (χ0v) is 7.00. The third kappa shape index (κ3) is 1.48. The fourth-order valence-electron chi connectivity index (χ4n) is 1.09. The largest absolute Gasteiger partial charge is 0.192 e. The second kappa shape index (κ2) is 3.39. The summed E-state index contributed by atoms with van der Waals surface area (Å²) in [6.07, 6.45) is 0.